The van der Waals surface area contributed by atoms with E-state index in [-0.39, 0.29) is 67.3 Å². The Balaban J connectivity index is -0.00000648. The molecule has 0 radical (unpaired) electrons. The summed E-state index contributed by atoms with van der Waals surface area (Å²) in [5, 5.41) is 0. The Kier molecular flexibility index (Phi) is 30.3. The van der Waals surface area contributed by atoms with E-state index in [2.05, 4.69) is 0 Å². The molecular formula is C17H45Mo2N3O12P5+. The van der Waals surface area contributed by atoms with Gasteiger partial charge in [0.15, 0.2) is 14.7 Å². The number of hydrogen-bond acceptors (Lipinski definition) is 11. The van der Waals surface area contributed by atoms with Gasteiger partial charge in [-0.05, 0) is 45.3 Å². The van der Waals surface area contributed by atoms with Crippen molar-refractivity contribution in [3.63, 3.8) is 0 Å². The van der Waals surface area contributed by atoms with Gasteiger partial charge in [0.2, 0.25) is 16.1 Å². The summed E-state index contributed by atoms with van der Waals surface area (Å²) in [6.45, 7) is 1.73. The zero-order valence-corrected chi connectivity index (χ0v) is 30.5. The molecule has 0 saturated heterocycles. The molecule has 0 rings (SSSR count). The van der Waals surface area contributed by atoms with E-state index in [4.69, 9.17) is 19.6 Å². The Labute approximate surface area is 262 Å². The third-order valence-electron chi connectivity index (χ3n) is 5.22. The fourth-order valence-corrected chi connectivity index (χ4v) is 7.65. The first-order valence-corrected chi connectivity index (χ1v) is 20.1. The van der Waals surface area contributed by atoms with E-state index in [0.717, 1.165) is 19.3 Å². The summed E-state index contributed by atoms with van der Waals surface area (Å²) in [6, 6.07) is 0. The summed E-state index contributed by atoms with van der Waals surface area (Å²) in [6.07, 6.45) is 4.45. The van der Waals surface area contributed by atoms with Gasteiger partial charge >= 0.3 is 15.5 Å². The van der Waals surface area contributed by atoms with Crippen LogP contribution in [0.1, 0.15) is 51.4 Å². The summed E-state index contributed by atoms with van der Waals surface area (Å²) in [4.78, 5) is 87.4. The summed E-state index contributed by atoms with van der Waals surface area (Å²) in [5.41, 5.74) is 0. The van der Waals surface area contributed by atoms with E-state index in [0.29, 0.717) is 58.3 Å². The smallest absolute Gasteiger partial charge is 0.349 e. The molecule has 2 unspecified atom stereocenters. The molecule has 0 spiro atoms. The van der Waals surface area contributed by atoms with Crippen LogP contribution in [-0.2, 0) is 55.8 Å². The second-order valence-electron chi connectivity index (χ2n) is 8.99. The fraction of sp³-hybridized carbons (Fsp3) is 1.00. The third kappa shape index (κ3) is 33.2. The fourth-order valence-electron chi connectivity index (χ4n) is 3.79. The quantitative estimate of drug-likeness (QED) is 0.0374. The average Bonchev–Trinajstić information content (AvgIpc) is 2.68. The van der Waals surface area contributed by atoms with Crippen molar-refractivity contribution in [2.75, 3.05) is 57.6 Å². The Morgan fingerprint density at radius 3 is 1.36 bits per heavy atom. The molecule has 2 atom stereocenters. The van der Waals surface area contributed by atoms with Gasteiger partial charge in [0, 0.05) is 48.7 Å². The van der Waals surface area contributed by atoms with Gasteiger partial charge in [0.25, 0.3) is 0 Å². The van der Waals surface area contributed by atoms with Gasteiger partial charge in [-0.1, -0.05) is 25.7 Å². The number of unbranched alkanes of at least 4 members (excludes halogenated alkanes) is 6. The van der Waals surface area contributed by atoms with Gasteiger partial charge in [-0.15, -0.1) is 0 Å². The first-order chi connectivity index (χ1) is 17.1. The van der Waals surface area contributed by atoms with E-state index in [1.165, 1.54) is 4.90 Å². The summed E-state index contributed by atoms with van der Waals surface area (Å²) in [5.74, 6) is 0. The molecule has 236 valence electrons. The molecule has 0 saturated carbocycles. The molecule has 0 heterocycles. The van der Waals surface area contributed by atoms with Gasteiger partial charge in [-0.3, -0.25) is 28.4 Å². The molecule has 9 N–H and O–H groups in total. The molecule has 39 heavy (non-hydrogen) atoms. The van der Waals surface area contributed by atoms with Crippen LogP contribution in [0.25, 0.3) is 0 Å². The van der Waals surface area contributed by atoms with Crippen molar-refractivity contribution in [1.82, 2.24) is 14.7 Å². The molecule has 0 bridgehead atoms. The van der Waals surface area contributed by atoms with Gasteiger partial charge in [-0.25, -0.2) is 0 Å². The monoisotopic (exact) mass is 834 g/mol. The maximum absolute atomic E-state index is 11.5. The van der Waals surface area contributed by atoms with Crippen LogP contribution in [-0.4, -0.2) is 116 Å². The van der Waals surface area contributed by atoms with E-state index < -0.39 is 46.3 Å². The van der Waals surface area contributed by atoms with Crippen molar-refractivity contribution in [1.29, 1.82) is 0 Å². The zero-order valence-electron chi connectivity index (χ0n) is 21.8. The molecule has 0 amide bonds. The van der Waals surface area contributed by atoms with Crippen molar-refractivity contribution in [3.8, 4) is 0 Å². The Hall–Kier alpha value is 2.45. The zero-order chi connectivity index (χ0) is 28.5. The van der Waals surface area contributed by atoms with Gasteiger partial charge < -0.3 is 29.4 Å². The van der Waals surface area contributed by atoms with Gasteiger partial charge in [0.05, 0.1) is 18.9 Å². The Morgan fingerprint density at radius 1 is 0.667 bits per heavy atom. The molecule has 15 nitrogen and oxygen atoms in total. The van der Waals surface area contributed by atoms with Crippen LogP contribution in [0, 0.1) is 0 Å². The topological polar surface area (TPSA) is 243 Å². The maximum Gasteiger partial charge on any atom is 0.419 e. The van der Waals surface area contributed by atoms with Crippen LogP contribution in [0.15, 0.2) is 0 Å². The van der Waals surface area contributed by atoms with Crippen molar-refractivity contribution in [2.24, 2.45) is 0 Å². The molecule has 0 aromatic rings. The Bertz CT molecular complexity index is 709. The van der Waals surface area contributed by atoms with Crippen LogP contribution in [0.2, 0.25) is 0 Å². The van der Waals surface area contributed by atoms with Gasteiger partial charge in [0.1, 0.15) is 6.29 Å². The van der Waals surface area contributed by atoms with E-state index in [1.54, 1.807) is 9.80 Å². The van der Waals surface area contributed by atoms with E-state index in [9.17, 15) is 38.2 Å². The van der Waals surface area contributed by atoms with Crippen molar-refractivity contribution in [2.45, 2.75) is 51.4 Å². The third-order valence-corrected chi connectivity index (χ3v) is 8.85. The van der Waals surface area contributed by atoms with Crippen molar-refractivity contribution >= 4 is 40.0 Å². The van der Waals surface area contributed by atoms with Crippen LogP contribution in [0.4, 0.5) is 0 Å². The van der Waals surface area contributed by atoms with Crippen LogP contribution in [0.3, 0.4) is 0 Å². The second-order valence-corrected chi connectivity index (χ2v) is 15.5. The molecule has 22 heteroatoms. The standard InChI is InChI=1S/C17H44N3O12P5.2Mo/c21-33(22)13-19(14-34(23)24)11-7-3-1-5-9-18(16-36(27,28)29)10-6-2-4-8-12-20(15-35(25)26)17-37(30,31)32;;/h21-22,30-32,34-35H,1-17H2,(H3-,23,24,25,26,27,28,29);;/p+1. The van der Waals surface area contributed by atoms with Crippen LogP contribution < -0.4 is 0 Å². The second kappa shape index (κ2) is 25.7. The number of hydrogen-bond donors (Lipinski definition) is 9. The SMILES string of the molecule is O=[PH](O)CN(CCCCCCN(CCCCCCN(C[PH](=O)O)C[P+](O)(O)O)CP(=O)(O)O)CP(O)O.[Mo].[Mo]. The molecule has 0 aliphatic heterocycles. The Morgan fingerprint density at radius 2 is 1.03 bits per heavy atom. The van der Waals surface area contributed by atoms with Crippen molar-refractivity contribution in [3.05, 3.63) is 0 Å². The minimum absolute atomic E-state index is 0. The molecule has 0 aromatic carbocycles. The summed E-state index contributed by atoms with van der Waals surface area (Å²) in [7, 11) is -16.1. The van der Waals surface area contributed by atoms with E-state index in [1.807, 2.05) is 0 Å². The largest absolute Gasteiger partial charge is 0.419 e. The minimum atomic E-state index is -4.23. The number of nitrogens with zero attached hydrogens (tertiary/aromatic N) is 3. The first kappa shape index (κ1) is 45.9. The van der Waals surface area contributed by atoms with Gasteiger partial charge in [-0.2, -0.15) is 14.7 Å². The molecule has 0 aliphatic carbocycles. The predicted molar refractivity (Wildman–Crippen MR) is 146 cm³/mol. The number of rotatable bonds is 24. The molecule has 0 aromatic heterocycles. The minimum Gasteiger partial charge on any atom is -0.349 e. The van der Waals surface area contributed by atoms with Crippen molar-refractivity contribution < 1.29 is 99.9 Å². The first-order valence-electron chi connectivity index (χ1n) is 11.9. The molecule has 0 fully saturated rings. The molecule has 0 aliphatic rings. The van der Waals surface area contributed by atoms with E-state index >= 15 is 0 Å². The summed E-state index contributed by atoms with van der Waals surface area (Å²) < 4.78 is 33.6. The average molecular weight is 830 g/mol. The van der Waals surface area contributed by atoms with Crippen LogP contribution in [0.5, 0.6) is 0 Å². The predicted octanol–water partition coefficient (Wildman–Crippen LogP) is 0.943. The normalized spacial score (nSPS) is 14.1. The summed E-state index contributed by atoms with van der Waals surface area (Å²) >= 11 is 0. The maximum atomic E-state index is 11.5. The molecular weight excluding hydrogens is 785 g/mol. The van der Waals surface area contributed by atoms with Crippen LogP contribution >= 0.6 is 40.0 Å².